The van der Waals surface area contributed by atoms with Gasteiger partial charge in [-0.25, -0.2) is 9.18 Å². The van der Waals surface area contributed by atoms with Crippen molar-refractivity contribution >= 4 is 0 Å². The zero-order chi connectivity index (χ0) is 14.3. The average Bonchev–Trinajstić information content (AvgIpc) is 3.20. The molecule has 0 atom stereocenters. The molecule has 1 aromatic carbocycles. The van der Waals surface area contributed by atoms with Crippen molar-refractivity contribution in [1.82, 2.24) is 9.55 Å². The highest BCUT2D eigenvalue weighted by molar-refractivity contribution is 5.67. The molecule has 0 aliphatic heterocycles. The molecule has 0 radical (unpaired) electrons. The number of rotatable bonds is 3. The number of benzene rings is 1. The molecule has 1 aliphatic carbocycles. The molecule has 1 saturated carbocycles. The van der Waals surface area contributed by atoms with Crippen LogP contribution in [0.4, 0.5) is 4.39 Å². The van der Waals surface area contributed by atoms with Crippen LogP contribution in [-0.4, -0.2) is 14.7 Å². The number of aromatic nitrogens is 2. The van der Waals surface area contributed by atoms with Crippen LogP contribution in [0.3, 0.4) is 0 Å². The number of hydrogen-bond acceptors (Lipinski definition) is 3. The topological polar surface area (TPSA) is 75.1 Å². The van der Waals surface area contributed by atoms with Gasteiger partial charge in [0.05, 0.1) is 0 Å². The monoisotopic (exact) mass is 276 g/mol. The van der Waals surface area contributed by atoms with E-state index in [1.165, 1.54) is 18.2 Å². The molecule has 104 valence electrons. The van der Waals surface area contributed by atoms with Gasteiger partial charge in [0.25, 0.3) is 5.56 Å². The lowest BCUT2D eigenvalue weighted by Crippen LogP contribution is -2.31. The van der Waals surface area contributed by atoms with Crippen molar-refractivity contribution in [3.63, 3.8) is 0 Å². The second-order valence-corrected chi connectivity index (χ2v) is 4.99. The van der Waals surface area contributed by atoms with Crippen molar-refractivity contribution in [2.45, 2.75) is 19.4 Å². The van der Waals surface area contributed by atoms with Gasteiger partial charge in [-0.3, -0.25) is 14.3 Å². The summed E-state index contributed by atoms with van der Waals surface area (Å²) < 4.78 is 14.9. The molecule has 0 amide bonds. The third-order valence-electron chi connectivity index (χ3n) is 3.45. The second-order valence-electron chi connectivity index (χ2n) is 4.99. The smallest absolute Gasteiger partial charge is 0.331 e. The maximum absolute atomic E-state index is 13.8. The zero-order valence-electron chi connectivity index (χ0n) is 10.6. The molecule has 20 heavy (non-hydrogen) atoms. The summed E-state index contributed by atoms with van der Waals surface area (Å²) in [6.07, 6.45) is 1.97. The number of halogens is 1. The number of nitrogens with zero attached hydrogens (tertiary/aromatic N) is 1. The van der Waals surface area contributed by atoms with Gasteiger partial charge in [-0.05, 0) is 24.8 Å². The maximum atomic E-state index is 13.8. The predicted octanol–water partition coefficient (Wildman–Crippen LogP) is 1.46. The molecule has 0 unspecified atom stereocenters. The number of H-pyrrole nitrogens is 1. The van der Waals surface area contributed by atoms with E-state index in [1.807, 2.05) is 0 Å². The normalized spacial score (nSPS) is 14.4. The van der Waals surface area contributed by atoms with Gasteiger partial charge in [-0.15, -0.1) is 0 Å². The highest BCUT2D eigenvalue weighted by Crippen LogP contribution is 2.33. The highest BCUT2D eigenvalue weighted by atomic mass is 19.1. The van der Waals surface area contributed by atoms with E-state index in [4.69, 9.17) is 0 Å². The van der Waals surface area contributed by atoms with Crippen molar-refractivity contribution in [3.8, 4) is 17.0 Å². The van der Waals surface area contributed by atoms with E-state index in [1.54, 1.807) is 6.07 Å². The molecule has 6 heteroatoms. The van der Waals surface area contributed by atoms with Crippen LogP contribution in [0.15, 0.2) is 33.9 Å². The van der Waals surface area contributed by atoms with E-state index in [2.05, 4.69) is 4.98 Å². The minimum Gasteiger partial charge on any atom is -0.494 e. The van der Waals surface area contributed by atoms with Crippen LogP contribution in [0.25, 0.3) is 11.1 Å². The summed E-state index contributed by atoms with van der Waals surface area (Å²) in [5, 5.41) is 10.2. The Labute approximate surface area is 113 Å². The van der Waals surface area contributed by atoms with Gasteiger partial charge in [0, 0.05) is 12.1 Å². The Hall–Kier alpha value is -2.37. The summed E-state index contributed by atoms with van der Waals surface area (Å²) in [6, 6.07) is 5.65. The third-order valence-corrected chi connectivity index (χ3v) is 3.45. The fourth-order valence-corrected chi connectivity index (χ4v) is 2.19. The van der Waals surface area contributed by atoms with E-state index in [0.717, 1.165) is 17.4 Å². The van der Waals surface area contributed by atoms with Crippen LogP contribution in [0.2, 0.25) is 0 Å². The molecule has 0 spiro atoms. The predicted molar refractivity (Wildman–Crippen MR) is 71.1 cm³/mol. The lowest BCUT2D eigenvalue weighted by atomic mass is 10.1. The minimum absolute atomic E-state index is 0.0178. The minimum atomic E-state index is -0.787. The van der Waals surface area contributed by atoms with Crippen molar-refractivity contribution < 1.29 is 9.50 Å². The zero-order valence-corrected chi connectivity index (χ0v) is 10.6. The molecule has 2 aromatic rings. The molecule has 1 aromatic heterocycles. The summed E-state index contributed by atoms with van der Waals surface area (Å²) in [5.74, 6) is -0.765. The molecular weight excluding hydrogens is 263 g/mol. The fourth-order valence-electron chi connectivity index (χ4n) is 2.19. The van der Waals surface area contributed by atoms with Gasteiger partial charge < -0.3 is 5.11 Å². The van der Waals surface area contributed by atoms with Gasteiger partial charge in [-0.2, -0.15) is 0 Å². The van der Waals surface area contributed by atoms with Crippen LogP contribution in [0.5, 0.6) is 5.88 Å². The third kappa shape index (κ3) is 2.13. The lowest BCUT2D eigenvalue weighted by Gasteiger charge is -2.11. The Morgan fingerprint density at radius 1 is 1.30 bits per heavy atom. The highest BCUT2D eigenvalue weighted by Gasteiger charge is 2.25. The van der Waals surface area contributed by atoms with E-state index in [0.29, 0.717) is 12.5 Å². The molecule has 3 rings (SSSR count). The standard InChI is InChI=1S/C14H13FN2O3/c15-10-4-2-1-3-9(10)11-12(18)16-14(20)17(13(11)19)7-8-5-6-8/h1-4,8,19H,5-7H2,(H,16,18,20). The molecule has 5 nitrogen and oxygen atoms in total. The first kappa shape index (κ1) is 12.7. The summed E-state index contributed by atoms with van der Waals surface area (Å²) in [7, 11) is 0. The summed E-state index contributed by atoms with van der Waals surface area (Å²) in [5.41, 5.74) is -1.68. The molecule has 1 heterocycles. The summed E-state index contributed by atoms with van der Waals surface area (Å²) >= 11 is 0. The lowest BCUT2D eigenvalue weighted by molar-refractivity contribution is 0.394. The molecule has 2 N–H and O–H groups in total. The summed E-state index contributed by atoms with van der Waals surface area (Å²) in [4.78, 5) is 25.8. The largest absolute Gasteiger partial charge is 0.494 e. The number of aromatic amines is 1. The number of nitrogens with one attached hydrogen (secondary N) is 1. The Balaban J connectivity index is 2.22. The van der Waals surface area contributed by atoms with Crippen LogP contribution >= 0.6 is 0 Å². The molecule has 0 saturated heterocycles. The van der Waals surface area contributed by atoms with E-state index in [9.17, 15) is 19.1 Å². The van der Waals surface area contributed by atoms with Crippen molar-refractivity contribution in [2.24, 2.45) is 5.92 Å². The Morgan fingerprint density at radius 2 is 2.00 bits per heavy atom. The first-order chi connectivity index (χ1) is 9.58. The first-order valence-corrected chi connectivity index (χ1v) is 6.39. The SMILES string of the molecule is O=c1[nH]c(=O)n(CC2CC2)c(O)c1-c1ccccc1F. The Morgan fingerprint density at radius 3 is 2.65 bits per heavy atom. The summed E-state index contributed by atoms with van der Waals surface area (Å²) in [6.45, 7) is 0.336. The number of aromatic hydroxyl groups is 1. The maximum Gasteiger partial charge on any atom is 0.331 e. The second kappa shape index (κ2) is 4.63. The van der Waals surface area contributed by atoms with E-state index < -0.39 is 22.9 Å². The first-order valence-electron chi connectivity index (χ1n) is 6.39. The van der Waals surface area contributed by atoms with Crippen molar-refractivity contribution in [3.05, 3.63) is 50.9 Å². The average molecular weight is 276 g/mol. The van der Waals surface area contributed by atoms with Gasteiger partial charge >= 0.3 is 5.69 Å². The van der Waals surface area contributed by atoms with Crippen LogP contribution in [0.1, 0.15) is 12.8 Å². The molecular formula is C14H13FN2O3. The van der Waals surface area contributed by atoms with Crippen LogP contribution < -0.4 is 11.2 Å². The molecule has 1 aliphatic rings. The van der Waals surface area contributed by atoms with Crippen LogP contribution in [0, 0.1) is 11.7 Å². The molecule has 0 bridgehead atoms. The van der Waals surface area contributed by atoms with Crippen LogP contribution in [-0.2, 0) is 6.54 Å². The van der Waals surface area contributed by atoms with Crippen molar-refractivity contribution in [1.29, 1.82) is 0 Å². The Kier molecular flexibility index (Phi) is 2.93. The number of hydrogen-bond donors (Lipinski definition) is 2. The quantitative estimate of drug-likeness (QED) is 0.891. The van der Waals surface area contributed by atoms with E-state index >= 15 is 0 Å². The van der Waals surface area contributed by atoms with Gasteiger partial charge in [0.1, 0.15) is 11.4 Å². The van der Waals surface area contributed by atoms with Gasteiger partial charge in [0.2, 0.25) is 5.88 Å². The molecule has 1 fully saturated rings. The fraction of sp³-hybridized carbons (Fsp3) is 0.286. The van der Waals surface area contributed by atoms with Crippen molar-refractivity contribution in [2.75, 3.05) is 0 Å². The Bertz CT molecular complexity index is 775. The van der Waals surface area contributed by atoms with Gasteiger partial charge in [0.15, 0.2) is 0 Å². The van der Waals surface area contributed by atoms with E-state index in [-0.39, 0.29) is 11.1 Å². The van der Waals surface area contributed by atoms with Gasteiger partial charge in [-0.1, -0.05) is 18.2 Å².